The molecule has 4 rings (SSSR count). The normalized spacial score (nSPS) is 22.1. The number of piperidine rings is 1. The van der Waals surface area contributed by atoms with Crippen LogP contribution in [0, 0.1) is 6.92 Å². The van der Waals surface area contributed by atoms with Gasteiger partial charge in [-0.25, -0.2) is 4.98 Å². The minimum atomic E-state index is -0.490. The van der Waals surface area contributed by atoms with E-state index >= 15 is 0 Å². The maximum Gasteiger partial charge on any atom is 0.251 e. The molecule has 0 aromatic carbocycles. The lowest BCUT2D eigenvalue weighted by molar-refractivity contribution is -0.174. The fourth-order valence-electron chi connectivity index (χ4n) is 4.11. The van der Waals surface area contributed by atoms with E-state index in [1.54, 1.807) is 6.20 Å². The Morgan fingerprint density at radius 3 is 2.81 bits per heavy atom. The molecule has 4 heterocycles. The summed E-state index contributed by atoms with van der Waals surface area (Å²) in [5, 5.41) is 2.98. The van der Waals surface area contributed by atoms with Gasteiger partial charge in [0.2, 0.25) is 0 Å². The second-order valence-electron chi connectivity index (χ2n) is 7.96. The number of imidazole rings is 1. The number of likely N-dealkylation sites (tertiary alicyclic amines) is 1. The zero-order chi connectivity index (χ0) is 19.0. The molecule has 1 amide bonds. The Bertz CT molecular complexity index is 802. The second kappa shape index (κ2) is 7.13. The van der Waals surface area contributed by atoms with Gasteiger partial charge in [0.15, 0.2) is 6.10 Å². The number of carbonyl (C=O) groups excluding carboxylic acids is 1. The van der Waals surface area contributed by atoms with Crippen LogP contribution in [0.3, 0.4) is 0 Å². The number of nitrogens with zero attached hydrogens (tertiary/aromatic N) is 3. The van der Waals surface area contributed by atoms with Gasteiger partial charge in [0, 0.05) is 31.5 Å². The van der Waals surface area contributed by atoms with Crippen molar-refractivity contribution in [1.29, 1.82) is 0 Å². The number of fused-ring (bicyclic) bond motifs is 2. The number of hydrogen-bond acceptors (Lipinski definition) is 5. The lowest BCUT2D eigenvalue weighted by atomic mass is 9.88. The van der Waals surface area contributed by atoms with Gasteiger partial charge < -0.3 is 19.0 Å². The predicted molar refractivity (Wildman–Crippen MR) is 100 cm³/mol. The highest BCUT2D eigenvalue weighted by Gasteiger charge is 2.47. The van der Waals surface area contributed by atoms with E-state index in [9.17, 15) is 4.79 Å². The Morgan fingerprint density at radius 1 is 1.37 bits per heavy atom. The van der Waals surface area contributed by atoms with Crippen LogP contribution in [0.4, 0.5) is 0 Å². The van der Waals surface area contributed by atoms with E-state index < -0.39 is 11.7 Å². The molecular formula is C20H28N4O3. The molecule has 146 valence electrons. The third-order valence-electron chi connectivity index (χ3n) is 5.42. The Kier molecular flexibility index (Phi) is 4.82. The molecule has 2 aromatic rings. The highest BCUT2D eigenvalue weighted by atomic mass is 16.5. The summed E-state index contributed by atoms with van der Waals surface area (Å²) in [5.41, 5.74) is -0.490. The lowest BCUT2D eigenvalue weighted by Crippen LogP contribution is -2.54. The highest BCUT2D eigenvalue weighted by molar-refractivity contribution is 5.81. The summed E-state index contributed by atoms with van der Waals surface area (Å²) in [5.74, 6) is 2.83. The van der Waals surface area contributed by atoms with Crippen LogP contribution >= 0.6 is 0 Å². The minimum absolute atomic E-state index is 0.0442. The van der Waals surface area contributed by atoms with E-state index in [2.05, 4.69) is 19.8 Å². The van der Waals surface area contributed by atoms with Crippen molar-refractivity contribution in [1.82, 2.24) is 19.8 Å². The number of hydrogen-bond donors (Lipinski definition) is 1. The first-order valence-electron chi connectivity index (χ1n) is 9.73. The number of furan rings is 1. The average molecular weight is 372 g/mol. The quantitative estimate of drug-likeness (QED) is 0.891. The Balaban J connectivity index is 1.48. The van der Waals surface area contributed by atoms with Crippen molar-refractivity contribution in [3.63, 3.8) is 0 Å². The van der Waals surface area contributed by atoms with Gasteiger partial charge in [-0.3, -0.25) is 9.69 Å². The van der Waals surface area contributed by atoms with Crippen LogP contribution in [-0.2, 0) is 28.2 Å². The van der Waals surface area contributed by atoms with Crippen LogP contribution in [0.15, 0.2) is 28.9 Å². The van der Waals surface area contributed by atoms with Gasteiger partial charge in [-0.05, 0) is 45.7 Å². The highest BCUT2D eigenvalue weighted by Crippen LogP contribution is 2.40. The summed E-state index contributed by atoms with van der Waals surface area (Å²) in [4.78, 5) is 19.5. The molecule has 1 saturated heterocycles. The molecule has 1 N–H and O–H groups in total. The number of ether oxygens (including phenoxy) is 1. The number of aromatic nitrogens is 2. The molecule has 1 fully saturated rings. The smallest absolute Gasteiger partial charge is 0.251 e. The molecular weight excluding hydrogens is 344 g/mol. The molecule has 1 atom stereocenters. The van der Waals surface area contributed by atoms with Gasteiger partial charge in [0.05, 0.1) is 13.1 Å². The van der Waals surface area contributed by atoms with E-state index in [1.807, 2.05) is 39.1 Å². The van der Waals surface area contributed by atoms with Crippen LogP contribution in [0.2, 0.25) is 0 Å². The molecule has 1 spiro atoms. The number of nitrogens with one attached hydrogen (secondary N) is 1. The molecule has 0 bridgehead atoms. The second-order valence-corrected chi connectivity index (χ2v) is 7.96. The number of amides is 1. The standard InChI is InChI=1S/C20H28N4O3/c1-14(2)22-18(25)17-13-24-11-8-21-19(24)20(27-17)6-9-23(10-7-20)12-16-5-4-15(3)26-16/h4-5,8,11,14,17H,6-7,9-10,12-13H2,1-3H3,(H,22,25). The summed E-state index contributed by atoms with van der Waals surface area (Å²) in [7, 11) is 0. The van der Waals surface area contributed by atoms with E-state index in [4.69, 9.17) is 9.15 Å². The van der Waals surface area contributed by atoms with Gasteiger partial charge in [-0.15, -0.1) is 0 Å². The topological polar surface area (TPSA) is 72.5 Å². The van der Waals surface area contributed by atoms with Crippen LogP contribution in [-0.4, -0.2) is 45.6 Å². The van der Waals surface area contributed by atoms with Crippen molar-refractivity contribution < 1.29 is 13.9 Å². The third-order valence-corrected chi connectivity index (χ3v) is 5.42. The predicted octanol–water partition coefficient (Wildman–Crippen LogP) is 2.20. The number of carbonyl (C=O) groups is 1. The first-order valence-corrected chi connectivity index (χ1v) is 9.73. The SMILES string of the molecule is Cc1ccc(CN2CCC3(CC2)OC(C(=O)NC(C)C)Cn2ccnc23)o1. The van der Waals surface area contributed by atoms with Gasteiger partial charge in [0.1, 0.15) is 22.9 Å². The largest absolute Gasteiger partial charge is 0.465 e. The maximum atomic E-state index is 12.6. The van der Waals surface area contributed by atoms with E-state index in [0.717, 1.165) is 49.8 Å². The maximum absolute atomic E-state index is 12.6. The molecule has 27 heavy (non-hydrogen) atoms. The van der Waals surface area contributed by atoms with Gasteiger partial charge in [0.25, 0.3) is 5.91 Å². The van der Waals surface area contributed by atoms with Crippen LogP contribution in [0.1, 0.15) is 44.0 Å². The van der Waals surface area contributed by atoms with Crippen molar-refractivity contribution in [3.8, 4) is 0 Å². The minimum Gasteiger partial charge on any atom is -0.465 e. The molecule has 0 saturated carbocycles. The van der Waals surface area contributed by atoms with Gasteiger partial charge >= 0.3 is 0 Å². The summed E-state index contributed by atoms with van der Waals surface area (Å²) >= 11 is 0. The summed E-state index contributed by atoms with van der Waals surface area (Å²) < 4.78 is 14.2. The van der Waals surface area contributed by atoms with Crippen LogP contribution in [0.5, 0.6) is 0 Å². The Morgan fingerprint density at radius 2 is 2.15 bits per heavy atom. The summed E-state index contributed by atoms with van der Waals surface area (Å²) in [6.45, 7) is 8.98. The number of aryl methyl sites for hydroxylation is 1. The van der Waals surface area contributed by atoms with Crippen molar-refractivity contribution >= 4 is 5.91 Å². The van der Waals surface area contributed by atoms with Crippen molar-refractivity contribution in [2.75, 3.05) is 13.1 Å². The van der Waals surface area contributed by atoms with Crippen molar-refractivity contribution in [2.45, 2.75) is 64.4 Å². The van der Waals surface area contributed by atoms with Gasteiger partial charge in [-0.2, -0.15) is 0 Å². The Labute approximate surface area is 159 Å². The molecule has 0 aliphatic carbocycles. The zero-order valence-electron chi connectivity index (χ0n) is 16.3. The van der Waals surface area contributed by atoms with E-state index in [-0.39, 0.29) is 11.9 Å². The molecule has 2 aliphatic heterocycles. The molecule has 1 unspecified atom stereocenters. The number of rotatable bonds is 4. The van der Waals surface area contributed by atoms with Gasteiger partial charge in [-0.1, -0.05) is 0 Å². The first-order chi connectivity index (χ1) is 12.9. The van der Waals surface area contributed by atoms with E-state index in [0.29, 0.717) is 6.54 Å². The fourth-order valence-corrected chi connectivity index (χ4v) is 4.11. The van der Waals surface area contributed by atoms with E-state index in [1.165, 1.54) is 0 Å². The molecule has 7 heteroatoms. The molecule has 2 aromatic heterocycles. The zero-order valence-corrected chi connectivity index (χ0v) is 16.3. The van der Waals surface area contributed by atoms with Crippen LogP contribution in [0.25, 0.3) is 0 Å². The molecule has 7 nitrogen and oxygen atoms in total. The monoisotopic (exact) mass is 372 g/mol. The first kappa shape index (κ1) is 18.3. The van der Waals surface area contributed by atoms with Crippen molar-refractivity contribution in [3.05, 3.63) is 41.9 Å². The molecule has 0 radical (unpaired) electrons. The van der Waals surface area contributed by atoms with Crippen molar-refractivity contribution in [2.24, 2.45) is 0 Å². The Hall–Kier alpha value is -2.12. The fraction of sp³-hybridized carbons (Fsp3) is 0.600. The lowest BCUT2D eigenvalue weighted by Gasteiger charge is -2.45. The van der Waals surface area contributed by atoms with Crippen LogP contribution < -0.4 is 5.32 Å². The summed E-state index contributed by atoms with van der Waals surface area (Å²) in [6, 6.07) is 4.13. The third kappa shape index (κ3) is 3.66. The summed E-state index contributed by atoms with van der Waals surface area (Å²) in [6.07, 6.45) is 4.91. The molecule has 2 aliphatic rings. The average Bonchev–Trinajstić information content (AvgIpc) is 3.26.